The van der Waals surface area contributed by atoms with Gasteiger partial charge in [0.15, 0.2) is 0 Å². The molecule has 0 amide bonds. The van der Waals surface area contributed by atoms with Crippen LogP contribution in [-0.4, -0.2) is 23.2 Å². The molecule has 1 N–H and O–H groups in total. The SMILES string of the molecule is Clc1cc2cnccc2cc1O[C@H]1CC[C@H](NC2CCCCC2)CC1. The maximum absolute atomic E-state index is 6.41. The van der Waals surface area contributed by atoms with Crippen LogP contribution in [0.1, 0.15) is 57.8 Å². The number of nitrogens with one attached hydrogen (secondary N) is 1. The van der Waals surface area contributed by atoms with Crippen molar-refractivity contribution >= 4 is 22.4 Å². The van der Waals surface area contributed by atoms with E-state index in [1.165, 1.54) is 44.9 Å². The van der Waals surface area contributed by atoms with Crippen LogP contribution in [0.2, 0.25) is 5.02 Å². The van der Waals surface area contributed by atoms with Crippen LogP contribution in [-0.2, 0) is 0 Å². The average Bonchev–Trinajstić information content (AvgIpc) is 2.65. The molecule has 1 aromatic carbocycles. The van der Waals surface area contributed by atoms with Crippen molar-refractivity contribution in [1.82, 2.24) is 10.3 Å². The second-order valence-corrected chi connectivity index (χ2v) is 8.01. The second kappa shape index (κ2) is 7.92. The minimum absolute atomic E-state index is 0.279. The Bertz CT molecular complexity index is 706. The lowest BCUT2D eigenvalue weighted by Crippen LogP contribution is -2.42. The fourth-order valence-electron chi connectivity index (χ4n) is 4.31. The summed E-state index contributed by atoms with van der Waals surface area (Å²) in [4.78, 5) is 4.15. The number of nitrogens with zero attached hydrogens (tertiary/aromatic N) is 1. The summed E-state index contributed by atoms with van der Waals surface area (Å²) in [5, 5.41) is 6.76. The van der Waals surface area contributed by atoms with Crippen LogP contribution in [0.25, 0.3) is 10.8 Å². The first kappa shape index (κ1) is 17.1. The number of halogens is 1. The van der Waals surface area contributed by atoms with Gasteiger partial charge in [0.25, 0.3) is 0 Å². The molecule has 4 heteroatoms. The number of rotatable bonds is 4. The van der Waals surface area contributed by atoms with E-state index in [0.717, 1.165) is 35.4 Å². The lowest BCUT2D eigenvalue weighted by Gasteiger charge is -2.33. The van der Waals surface area contributed by atoms with Crippen molar-refractivity contribution in [2.75, 3.05) is 0 Å². The molecule has 0 bridgehead atoms. The number of aromatic nitrogens is 1. The molecule has 2 aliphatic carbocycles. The van der Waals surface area contributed by atoms with E-state index in [0.29, 0.717) is 11.1 Å². The summed E-state index contributed by atoms with van der Waals surface area (Å²) in [6.45, 7) is 0. The Kier molecular flexibility index (Phi) is 5.42. The van der Waals surface area contributed by atoms with Crippen molar-refractivity contribution in [3.05, 3.63) is 35.6 Å². The largest absolute Gasteiger partial charge is 0.489 e. The van der Waals surface area contributed by atoms with Crippen LogP contribution >= 0.6 is 11.6 Å². The molecule has 0 spiro atoms. The lowest BCUT2D eigenvalue weighted by atomic mass is 9.89. The highest BCUT2D eigenvalue weighted by atomic mass is 35.5. The Labute approximate surface area is 155 Å². The van der Waals surface area contributed by atoms with Crippen LogP contribution < -0.4 is 10.1 Å². The first-order valence-corrected chi connectivity index (χ1v) is 10.1. The summed E-state index contributed by atoms with van der Waals surface area (Å²) in [5.41, 5.74) is 0. The molecule has 1 heterocycles. The van der Waals surface area contributed by atoms with Gasteiger partial charge < -0.3 is 10.1 Å². The molecule has 0 saturated heterocycles. The standard InChI is InChI=1S/C21H27ClN2O/c22-20-12-16-14-23-11-10-15(16)13-21(20)25-19-8-6-18(7-9-19)24-17-4-2-1-3-5-17/h10-14,17-19,24H,1-9H2/t18-,19-. The maximum Gasteiger partial charge on any atom is 0.138 e. The number of benzene rings is 1. The fraction of sp³-hybridized carbons (Fsp3) is 0.571. The molecule has 134 valence electrons. The average molecular weight is 359 g/mol. The molecule has 2 fully saturated rings. The van der Waals surface area contributed by atoms with Crippen molar-refractivity contribution in [1.29, 1.82) is 0 Å². The molecular weight excluding hydrogens is 332 g/mol. The number of ether oxygens (including phenoxy) is 1. The third-order valence-electron chi connectivity index (χ3n) is 5.74. The smallest absolute Gasteiger partial charge is 0.138 e. The van der Waals surface area contributed by atoms with Gasteiger partial charge >= 0.3 is 0 Å². The van der Waals surface area contributed by atoms with Gasteiger partial charge in [-0.15, -0.1) is 0 Å². The number of pyridine rings is 1. The summed E-state index contributed by atoms with van der Waals surface area (Å²) in [7, 11) is 0. The van der Waals surface area contributed by atoms with Gasteiger partial charge in [0.1, 0.15) is 5.75 Å². The van der Waals surface area contributed by atoms with Crippen molar-refractivity contribution in [3.63, 3.8) is 0 Å². The van der Waals surface area contributed by atoms with Crippen molar-refractivity contribution in [2.45, 2.75) is 76.0 Å². The van der Waals surface area contributed by atoms with Gasteiger partial charge in [-0.2, -0.15) is 0 Å². The normalized spacial score (nSPS) is 25.2. The molecule has 0 unspecified atom stereocenters. The quantitative estimate of drug-likeness (QED) is 0.783. The number of fused-ring (bicyclic) bond motifs is 1. The Morgan fingerprint density at radius 3 is 2.48 bits per heavy atom. The van der Waals surface area contributed by atoms with E-state index in [2.05, 4.69) is 10.3 Å². The molecule has 2 aliphatic rings. The highest BCUT2D eigenvalue weighted by molar-refractivity contribution is 6.32. The summed E-state index contributed by atoms with van der Waals surface area (Å²) in [6.07, 6.45) is 15.5. The summed E-state index contributed by atoms with van der Waals surface area (Å²) in [6, 6.07) is 7.42. The molecule has 2 aromatic rings. The monoisotopic (exact) mass is 358 g/mol. The zero-order valence-corrected chi connectivity index (χ0v) is 15.5. The van der Waals surface area contributed by atoms with E-state index in [9.17, 15) is 0 Å². The number of hydrogen-bond acceptors (Lipinski definition) is 3. The number of hydrogen-bond donors (Lipinski definition) is 1. The van der Waals surface area contributed by atoms with Crippen molar-refractivity contribution < 1.29 is 4.74 Å². The Hall–Kier alpha value is -1.32. The van der Waals surface area contributed by atoms with Crippen molar-refractivity contribution in [3.8, 4) is 5.75 Å². The predicted octanol–water partition coefficient (Wildman–Crippen LogP) is 5.50. The van der Waals surface area contributed by atoms with E-state index in [4.69, 9.17) is 16.3 Å². The Morgan fingerprint density at radius 1 is 0.920 bits per heavy atom. The topological polar surface area (TPSA) is 34.1 Å². The van der Waals surface area contributed by atoms with Crippen LogP contribution in [0, 0.1) is 0 Å². The highest BCUT2D eigenvalue weighted by Crippen LogP contribution is 2.33. The lowest BCUT2D eigenvalue weighted by molar-refractivity contribution is 0.134. The van der Waals surface area contributed by atoms with E-state index in [-0.39, 0.29) is 6.10 Å². The molecular formula is C21H27ClN2O. The third kappa shape index (κ3) is 4.27. The third-order valence-corrected chi connectivity index (χ3v) is 6.03. The zero-order valence-electron chi connectivity index (χ0n) is 14.7. The maximum atomic E-state index is 6.41. The Morgan fingerprint density at radius 2 is 1.68 bits per heavy atom. The van der Waals surface area contributed by atoms with Gasteiger partial charge in [-0.05, 0) is 62.1 Å². The van der Waals surface area contributed by atoms with Gasteiger partial charge in [0, 0.05) is 29.9 Å². The first-order chi connectivity index (χ1) is 12.3. The second-order valence-electron chi connectivity index (χ2n) is 7.60. The summed E-state index contributed by atoms with van der Waals surface area (Å²) in [5.74, 6) is 0.809. The van der Waals surface area contributed by atoms with E-state index < -0.39 is 0 Å². The van der Waals surface area contributed by atoms with Crippen LogP contribution in [0.15, 0.2) is 30.6 Å². The Balaban J connectivity index is 1.33. The minimum atomic E-state index is 0.279. The molecule has 0 atom stereocenters. The molecule has 2 saturated carbocycles. The van der Waals surface area contributed by atoms with E-state index in [1.807, 2.05) is 30.6 Å². The first-order valence-electron chi connectivity index (χ1n) is 9.74. The van der Waals surface area contributed by atoms with E-state index >= 15 is 0 Å². The van der Waals surface area contributed by atoms with Gasteiger partial charge in [-0.25, -0.2) is 0 Å². The molecule has 25 heavy (non-hydrogen) atoms. The van der Waals surface area contributed by atoms with Crippen LogP contribution in [0.3, 0.4) is 0 Å². The molecule has 3 nitrogen and oxygen atoms in total. The van der Waals surface area contributed by atoms with Crippen molar-refractivity contribution in [2.24, 2.45) is 0 Å². The predicted molar refractivity (Wildman–Crippen MR) is 103 cm³/mol. The molecule has 1 aromatic heterocycles. The highest BCUT2D eigenvalue weighted by Gasteiger charge is 2.25. The van der Waals surface area contributed by atoms with Crippen LogP contribution in [0.4, 0.5) is 0 Å². The summed E-state index contributed by atoms with van der Waals surface area (Å²) >= 11 is 6.41. The summed E-state index contributed by atoms with van der Waals surface area (Å²) < 4.78 is 6.25. The fourth-order valence-corrected chi connectivity index (χ4v) is 4.52. The molecule has 4 rings (SSSR count). The van der Waals surface area contributed by atoms with Gasteiger partial charge in [-0.1, -0.05) is 30.9 Å². The van der Waals surface area contributed by atoms with E-state index in [1.54, 1.807) is 0 Å². The van der Waals surface area contributed by atoms with Gasteiger partial charge in [-0.3, -0.25) is 4.98 Å². The molecule has 0 aliphatic heterocycles. The van der Waals surface area contributed by atoms with Gasteiger partial charge in [0.05, 0.1) is 11.1 Å². The van der Waals surface area contributed by atoms with Gasteiger partial charge in [0.2, 0.25) is 0 Å². The molecule has 0 radical (unpaired) electrons. The minimum Gasteiger partial charge on any atom is -0.489 e. The zero-order chi connectivity index (χ0) is 17.1. The van der Waals surface area contributed by atoms with Crippen LogP contribution in [0.5, 0.6) is 5.75 Å².